The number of rotatable bonds is 8. The SMILES string of the molecule is CN=C(NCCCSc1ccc(F)cc1)NCCn1cc(C)cn1. The Morgan fingerprint density at radius 2 is 2.00 bits per heavy atom. The van der Waals surface area contributed by atoms with Crippen LogP contribution in [-0.4, -0.2) is 41.6 Å². The molecule has 1 aromatic carbocycles. The van der Waals surface area contributed by atoms with E-state index in [4.69, 9.17) is 0 Å². The molecule has 24 heavy (non-hydrogen) atoms. The highest BCUT2D eigenvalue weighted by molar-refractivity contribution is 7.99. The predicted octanol–water partition coefficient (Wildman–Crippen LogP) is 2.68. The zero-order valence-electron chi connectivity index (χ0n) is 14.1. The molecule has 2 aromatic rings. The summed E-state index contributed by atoms with van der Waals surface area (Å²) in [4.78, 5) is 5.30. The highest BCUT2D eigenvalue weighted by Crippen LogP contribution is 2.18. The smallest absolute Gasteiger partial charge is 0.191 e. The van der Waals surface area contributed by atoms with E-state index in [-0.39, 0.29) is 5.82 Å². The van der Waals surface area contributed by atoms with Gasteiger partial charge in [-0.05, 0) is 48.9 Å². The maximum atomic E-state index is 12.8. The van der Waals surface area contributed by atoms with Crippen LogP contribution in [0.3, 0.4) is 0 Å². The quantitative estimate of drug-likeness (QED) is 0.333. The topological polar surface area (TPSA) is 54.2 Å². The van der Waals surface area contributed by atoms with Crippen molar-refractivity contribution in [2.24, 2.45) is 4.99 Å². The number of aliphatic imine (C=N–C) groups is 1. The molecule has 1 aromatic heterocycles. The van der Waals surface area contributed by atoms with Crippen molar-refractivity contribution in [1.29, 1.82) is 0 Å². The number of hydrogen-bond donors (Lipinski definition) is 2. The molecule has 0 saturated heterocycles. The highest BCUT2D eigenvalue weighted by Gasteiger charge is 1.99. The Morgan fingerprint density at radius 3 is 2.67 bits per heavy atom. The molecule has 0 radical (unpaired) electrons. The standard InChI is InChI=1S/C17H24FN5S/c1-14-12-22-23(13-14)10-9-21-17(19-2)20-8-3-11-24-16-6-4-15(18)5-7-16/h4-7,12-13H,3,8-11H2,1-2H3,(H2,19,20,21). The Bertz CT molecular complexity index is 639. The second-order valence-electron chi connectivity index (χ2n) is 5.36. The van der Waals surface area contributed by atoms with Gasteiger partial charge >= 0.3 is 0 Å². The van der Waals surface area contributed by atoms with Crippen molar-refractivity contribution in [2.45, 2.75) is 24.8 Å². The van der Waals surface area contributed by atoms with E-state index in [2.05, 4.69) is 20.7 Å². The number of guanidine groups is 1. The molecule has 2 N–H and O–H groups in total. The molecule has 0 saturated carbocycles. The van der Waals surface area contributed by atoms with E-state index >= 15 is 0 Å². The van der Waals surface area contributed by atoms with E-state index in [0.29, 0.717) is 0 Å². The van der Waals surface area contributed by atoms with Gasteiger partial charge in [-0.15, -0.1) is 11.8 Å². The maximum absolute atomic E-state index is 12.8. The lowest BCUT2D eigenvalue weighted by atomic mass is 10.4. The number of benzene rings is 1. The van der Waals surface area contributed by atoms with Gasteiger partial charge in [-0.25, -0.2) is 4.39 Å². The summed E-state index contributed by atoms with van der Waals surface area (Å²) < 4.78 is 14.7. The number of aromatic nitrogens is 2. The molecule has 0 aliphatic carbocycles. The van der Waals surface area contributed by atoms with Crippen LogP contribution in [0.25, 0.3) is 0 Å². The van der Waals surface area contributed by atoms with Crippen molar-refractivity contribution in [1.82, 2.24) is 20.4 Å². The molecule has 0 aliphatic heterocycles. The van der Waals surface area contributed by atoms with Crippen LogP contribution in [0.2, 0.25) is 0 Å². The largest absolute Gasteiger partial charge is 0.356 e. The molecule has 0 aliphatic rings. The van der Waals surface area contributed by atoms with Gasteiger partial charge in [0.1, 0.15) is 5.82 Å². The molecule has 0 fully saturated rings. The van der Waals surface area contributed by atoms with Gasteiger partial charge in [-0.1, -0.05) is 0 Å². The number of hydrogen-bond acceptors (Lipinski definition) is 3. The van der Waals surface area contributed by atoms with Crippen LogP contribution >= 0.6 is 11.8 Å². The summed E-state index contributed by atoms with van der Waals surface area (Å²) in [6.07, 6.45) is 4.87. The molecule has 0 spiro atoms. The van der Waals surface area contributed by atoms with Crippen molar-refractivity contribution >= 4 is 17.7 Å². The van der Waals surface area contributed by atoms with Crippen LogP contribution < -0.4 is 10.6 Å². The van der Waals surface area contributed by atoms with Crippen LogP contribution in [0.15, 0.2) is 46.5 Å². The Kier molecular flexibility index (Phi) is 7.61. The van der Waals surface area contributed by atoms with Crippen molar-refractivity contribution in [2.75, 3.05) is 25.9 Å². The first-order valence-corrected chi connectivity index (χ1v) is 8.98. The molecule has 0 amide bonds. The van der Waals surface area contributed by atoms with Crippen LogP contribution in [0.1, 0.15) is 12.0 Å². The number of aryl methyl sites for hydroxylation is 1. The maximum Gasteiger partial charge on any atom is 0.191 e. The van der Waals surface area contributed by atoms with Gasteiger partial charge in [-0.2, -0.15) is 5.10 Å². The number of nitrogens with zero attached hydrogens (tertiary/aromatic N) is 3. The molecular weight excluding hydrogens is 325 g/mol. The minimum Gasteiger partial charge on any atom is -0.356 e. The van der Waals surface area contributed by atoms with Crippen LogP contribution in [0, 0.1) is 12.7 Å². The van der Waals surface area contributed by atoms with E-state index in [1.165, 1.54) is 12.1 Å². The number of thioether (sulfide) groups is 1. The van der Waals surface area contributed by atoms with Gasteiger partial charge in [0.15, 0.2) is 5.96 Å². The Morgan fingerprint density at radius 1 is 1.25 bits per heavy atom. The van der Waals surface area contributed by atoms with Crippen molar-refractivity contribution in [3.05, 3.63) is 48.0 Å². The minimum absolute atomic E-state index is 0.193. The average molecular weight is 349 g/mol. The van der Waals surface area contributed by atoms with E-state index in [0.717, 1.165) is 48.2 Å². The fourth-order valence-corrected chi connectivity index (χ4v) is 2.95. The summed E-state index contributed by atoms with van der Waals surface area (Å²) in [5, 5.41) is 10.8. The van der Waals surface area contributed by atoms with Crippen molar-refractivity contribution in [3.8, 4) is 0 Å². The fraction of sp³-hybridized carbons (Fsp3) is 0.412. The number of halogens is 1. The van der Waals surface area contributed by atoms with Crippen LogP contribution in [0.5, 0.6) is 0 Å². The second kappa shape index (κ2) is 9.97. The molecule has 1 heterocycles. The lowest BCUT2D eigenvalue weighted by molar-refractivity contribution is 0.597. The first kappa shape index (κ1) is 18.3. The van der Waals surface area contributed by atoms with E-state index in [1.807, 2.05) is 36.1 Å². The summed E-state index contributed by atoms with van der Waals surface area (Å²) in [6, 6.07) is 6.61. The van der Waals surface area contributed by atoms with Crippen LogP contribution in [0.4, 0.5) is 4.39 Å². The molecule has 0 atom stereocenters. The summed E-state index contributed by atoms with van der Waals surface area (Å²) in [5.41, 5.74) is 1.16. The molecule has 0 unspecified atom stereocenters. The summed E-state index contributed by atoms with van der Waals surface area (Å²) in [7, 11) is 1.76. The Labute approximate surface area is 146 Å². The third-order valence-corrected chi connectivity index (χ3v) is 4.41. The van der Waals surface area contributed by atoms with Crippen LogP contribution in [-0.2, 0) is 6.54 Å². The van der Waals surface area contributed by atoms with Gasteiger partial charge < -0.3 is 10.6 Å². The van der Waals surface area contributed by atoms with Gasteiger partial charge in [-0.3, -0.25) is 9.67 Å². The summed E-state index contributed by atoms with van der Waals surface area (Å²) >= 11 is 1.73. The van der Waals surface area contributed by atoms with Gasteiger partial charge in [0.25, 0.3) is 0 Å². The average Bonchev–Trinajstić information content (AvgIpc) is 3.00. The Hall–Kier alpha value is -2.02. The third kappa shape index (κ3) is 6.62. The van der Waals surface area contributed by atoms with Gasteiger partial charge in [0.05, 0.1) is 12.7 Å². The van der Waals surface area contributed by atoms with Crippen molar-refractivity contribution < 1.29 is 4.39 Å². The first-order valence-electron chi connectivity index (χ1n) is 7.99. The normalized spacial score (nSPS) is 11.5. The molecule has 5 nitrogen and oxygen atoms in total. The predicted molar refractivity (Wildman–Crippen MR) is 98.1 cm³/mol. The highest BCUT2D eigenvalue weighted by atomic mass is 32.2. The minimum atomic E-state index is -0.193. The fourth-order valence-electron chi connectivity index (χ4n) is 2.10. The lowest BCUT2D eigenvalue weighted by Crippen LogP contribution is -2.39. The lowest BCUT2D eigenvalue weighted by Gasteiger charge is -2.11. The summed E-state index contributed by atoms with van der Waals surface area (Å²) in [6.45, 7) is 4.44. The first-order chi connectivity index (χ1) is 11.7. The molecule has 0 bridgehead atoms. The molecule has 2 rings (SSSR count). The van der Waals surface area contributed by atoms with Crippen molar-refractivity contribution in [3.63, 3.8) is 0 Å². The Balaban J connectivity index is 1.57. The summed E-state index contributed by atoms with van der Waals surface area (Å²) in [5.74, 6) is 1.58. The van der Waals surface area contributed by atoms with E-state index < -0.39 is 0 Å². The van der Waals surface area contributed by atoms with E-state index in [1.54, 1.807) is 18.8 Å². The van der Waals surface area contributed by atoms with E-state index in [9.17, 15) is 4.39 Å². The monoisotopic (exact) mass is 349 g/mol. The second-order valence-corrected chi connectivity index (χ2v) is 6.53. The molecular formula is C17H24FN5S. The number of nitrogens with one attached hydrogen (secondary N) is 2. The third-order valence-electron chi connectivity index (χ3n) is 3.32. The zero-order chi connectivity index (χ0) is 17.2. The van der Waals surface area contributed by atoms with Gasteiger partial charge in [0.2, 0.25) is 0 Å². The molecule has 130 valence electrons. The molecule has 7 heteroatoms. The zero-order valence-corrected chi connectivity index (χ0v) is 14.9. The van der Waals surface area contributed by atoms with Gasteiger partial charge in [0, 0.05) is 31.2 Å².